The SMILES string of the molecule is O=C(N[C@@H]1CN(Cc2ccccc2F)C[C@H]1O)c1ccccn1. The van der Waals surface area contributed by atoms with E-state index in [1.54, 1.807) is 42.6 Å². The fourth-order valence-corrected chi connectivity index (χ4v) is 2.74. The molecule has 1 aromatic heterocycles. The number of hydrogen-bond acceptors (Lipinski definition) is 4. The second kappa shape index (κ2) is 6.85. The van der Waals surface area contributed by atoms with Crippen LogP contribution < -0.4 is 5.32 Å². The van der Waals surface area contributed by atoms with Crippen molar-refractivity contribution in [3.63, 3.8) is 0 Å². The first kappa shape index (κ1) is 15.6. The van der Waals surface area contributed by atoms with Crippen LogP contribution >= 0.6 is 0 Å². The zero-order chi connectivity index (χ0) is 16.2. The molecular formula is C17H18FN3O2. The Morgan fingerprint density at radius 3 is 2.78 bits per heavy atom. The van der Waals surface area contributed by atoms with Gasteiger partial charge < -0.3 is 10.4 Å². The smallest absolute Gasteiger partial charge is 0.270 e. The molecule has 0 unspecified atom stereocenters. The minimum atomic E-state index is -0.686. The summed E-state index contributed by atoms with van der Waals surface area (Å²) in [4.78, 5) is 18.0. The number of nitrogens with one attached hydrogen (secondary N) is 1. The number of amides is 1. The van der Waals surface area contributed by atoms with E-state index in [2.05, 4.69) is 10.3 Å². The first-order valence-corrected chi connectivity index (χ1v) is 7.49. The van der Waals surface area contributed by atoms with Gasteiger partial charge in [-0.15, -0.1) is 0 Å². The van der Waals surface area contributed by atoms with Crippen molar-refractivity contribution in [1.82, 2.24) is 15.2 Å². The van der Waals surface area contributed by atoms with E-state index in [0.29, 0.717) is 30.9 Å². The van der Waals surface area contributed by atoms with Gasteiger partial charge in [0.15, 0.2) is 0 Å². The van der Waals surface area contributed by atoms with Crippen molar-refractivity contribution in [2.24, 2.45) is 0 Å². The van der Waals surface area contributed by atoms with E-state index in [0.717, 1.165) is 0 Å². The van der Waals surface area contributed by atoms with Gasteiger partial charge in [0.05, 0.1) is 12.1 Å². The van der Waals surface area contributed by atoms with Crippen LogP contribution in [0.15, 0.2) is 48.7 Å². The van der Waals surface area contributed by atoms with Gasteiger partial charge in [0.1, 0.15) is 11.5 Å². The lowest BCUT2D eigenvalue weighted by Crippen LogP contribution is -2.43. The molecule has 0 aliphatic carbocycles. The lowest BCUT2D eigenvalue weighted by Gasteiger charge is -2.17. The van der Waals surface area contributed by atoms with E-state index in [9.17, 15) is 14.3 Å². The number of aliphatic hydroxyl groups is 1. The maximum absolute atomic E-state index is 13.7. The number of carbonyl (C=O) groups excluding carboxylic acids is 1. The molecule has 6 heteroatoms. The summed E-state index contributed by atoms with van der Waals surface area (Å²) in [5.41, 5.74) is 0.892. The van der Waals surface area contributed by atoms with Gasteiger partial charge in [-0.3, -0.25) is 14.7 Å². The van der Waals surface area contributed by atoms with Crippen LogP contribution in [0.1, 0.15) is 16.1 Å². The van der Waals surface area contributed by atoms with Gasteiger partial charge in [-0.2, -0.15) is 0 Å². The summed E-state index contributed by atoms with van der Waals surface area (Å²) >= 11 is 0. The van der Waals surface area contributed by atoms with Gasteiger partial charge in [-0.1, -0.05) is 24.3 Å². The third-order valence-electron chi connectivity index (χ3n) is 3.93. The predicted octanol–water partition coefficient (Wildman–Crippen LogP) is 1.20. The molecule has 2 atom stereocenters. The number of hydrogen-bond donors (Lipinski definition) is 2. The second-order valence-corrected chi connectivity index (χ2v) is 5.65. The molecule has 1 amide bonds. The minimum Gasteiger partial charge on any atom is -0.390 e. The van der Waals surface area contributed by atoms with Gasteiger partial charge in [-0.05, 0) is 18.2 Å². The fraction of sp³-hybridized carbons (Fsp3) is 0.294. The lowest BCUT2D eigenvalue weighted by atomic mass is 10.2. The minimum absolute atomic E-state index is 0.261. The van der Waals surface area contributed by atoms with Crippen molar-refractivity contribution < 1.29 is 14.3 Å². The Morgan fingerprint density at radius 1 is 1.26 bits per heavy atom. The van der Waals surface area contributed by atoms with Crippen molar-refractivity contribution in [2.75, 3.05) is 13.1 Å². The number of nitrogens with zero attached hydrogens (tertiary/aromatic N) is 2. The number of halogens is 1. The Hall–Kier alpha value is -2.31. The van der Waals surface area contributed by atoms with E-state index in [-0.39, 0.29) is 11.7 Å². The number of carbonyl (C=O) groups is 1. The highest BCUT2D eigenvalue weighted by Crippen LogP contribution is 2.16. The zero-order valence-electron chi connectivity index (χ0n) is 12.5. The molecule has 23 heavy (non-hydrogen) atoms. The third kappa shape index (κ3) is 3.72. The van der Waals surface area contributed by atoms with Gasteiger partial charge >= 0.3 is 0 Å². The van der Waals surface area contributed by atoms with Crippen LogP contribution in [0, 0.1) is 5.82 Å². The predicted molar refractivity (Wildman–Crippen MR) is 83.2 cm³/mol. The first-order valence-electron chi connectivity index (χ1n) is 7.49. The molecule has 1 aliphatic heterocycles. The number of likely N-dealkylation sites (tertiary alicyclic amines) is 1. The Kier molecular flexibility index (Phi) is 4.64. The molecule has 5 nitrogen and oxygen atoms in total. The van der Waals surface area contributed by atoms with Crippen LogP contribution in [-0.2, 0) is 6.54 Å². The van der Waals surface area contributed by atoms with Crippen LogP contribution in [0.2, 0.25) is 0 Å². The second-order valence-electron chi connectivity index (χ2n) is 5.65. The number of pyridine rings is 1. The van der Waals surface area contributed by atoms with E-state index in [4.69, 9.17) is 0 Å². The van der Waals surface area contributed by atoms with Crippen LogP contribution in [0.25, 0.3) is 0 Å². The van der Waals surface area contributed by atoms with E-state index >= 15 is 0 Å². The summed E-state index contributed by atoms with van der Waals surface area (Å²) in [5.74, 6) is -0.578. The quantitative estimate of drug-likeness (QED) is 0.890. The first-order chi connectivity index (χ1) is 11.1. The molecule has 0 saturated carbocycles. The largest absolute Gasteiger partial charge is 0.390 e. The molecule has 2 heterocycles. The van der Waals surface area contributed by atoms with Crippen LogP contribution in [0.3, 0.4) is 0 Å². The maximum Gasteiger partial charge on any atom is 0.270 e. The van der Waals surface area contributed by atoms with Crippen molar-refractivity contribution in [2.45, 2.75) is 18.7 Å². The number of β-amino-alcohol motifs (C(OH)–C–C–N with tert-alkyl or cyclic N) is 1. The fourth-order valence-electron chi connectivity index (χ4n) is 2.74. The average Bonchev–Trinajstić information content (AvgIpc) is 2.90. The molecule has 2 aromatic rings. The Labute approximate surface area is 133 Å². The molecule has 2 N–H and O–H groups in total. The summed E-state index contributed by atoms with van der Waals surface area (Å²) < 4.78 is 13.7. The Bertz CT molecular complexity index is 681. The van der Waals surface area contributed by atoms with Crippen molar-refractivity contribution >= 4 is 5.91 Å². The van der Waals surface area contributed by atoms with Gasteiger partial charge in [0.2, 0.25) is 0 Å². The standard InChI is InChI=1S/C17H18FN3O2/c18-13-6-2-1-5-12(13)9-21-10-15(16(22)11-21)20-17(23)14-7-3-4-8-19-14/h1-8,15-16,22H,9-11H2,(H,20,23)/t15-,16-/m1/s1. The average molecular weight is 315 g/mol. The molecule has 1 saturated heterocycles. The maximum atomic E-state index is 13.7. The van der Waals surface area contributed by atoms with Crippen molar-refractivity contribution in [3.05, 3.63) is 65.7 Å². The lowest BCUT2D eigenvalue weighted by molar-refractivity contribution is 0.0883. The van der Waals surface area contributed by atoms with Gasteiger partial charge in [-0.25, -0.2) is 4.39 Å². The molecule has 1 fully saturated rings. The Balaban J connectivity index is 1.60. The normalized spacial score (nSPS) is 21.3. The number of rotatable bonds is 4. The zero-order valence-corrected chi connectivity index (χ0v) is 12.5. The van der Waals surface area contributed by atoms with Gasteiger partial charge in [0.25, 0.3) is 5.91 Å². The third-order valence-corrected chi connectivity index (χ3v) is 3.93. The number of benzene rings is 1. The van der Waals surface area contributed by atoms with Crippen molar-refractivity contribution in [1.29, 1.82) is 0 Å². The number of aliphatic hydroxyl groups excluding tert-OH is 1. The van der Waals surface area contributed by atoms with Gasteiger partial charge in [0, 0.05) is 31.4 Å². The molecule has 1 aliphatic rings. The van der Waals surface area contributed by atoms with Crippen LogP contribution in [0.5, 0.6) is 0 Å². The highest BCUT2D eigenvalue weighted by molar-refractivity contribution is 5.92. The highest BCUT2D eigenvalue weighted by atomic mass is 19.1. The molecule has 120 valence electrons. The molecule has 1 aromatic carbocycles. The summed E-state index contributed by atoms with van der Waals surface area (Å²) in [7, 11) is 0. The molecule has 3 rings (SSSR count). The molecular weight excluding hydrogens is 297 g/mol. The monoisotopic (exact) mass is 315 g/mol. The Morgan fingerprint density at radius 2 is 2.04 bits per heavy atom. The van der Waals surface area contributed by atoms with E-state index in [1.807, 2.05) is 4.90 Å². The summed E-state index contributed by atoms with van der Waals surface area (Å²) in [6, 6.07) is 11.3. The summed E-state index contributed by atoms with van der Waals surface area (Å²) in [6.45, 7) is 1.26. The topological polar surface area (TPSA) is 65.5 Å². The number of aromatic nitrogens is 1. The van der Waals surface area contributed by atoms with Crippen LogP contribution in [-0.4, -0.2) is 46.1 Å². The molecule has 0 spiro atoms. The van der Waals surface area contributed by atoms with Crippen molar-refractivity contribution in [3.8, 4) is 0 Å². The summed E-state index contributed by atoms with van der Waals surface area (Å²) in [6.07, 6.45) is 0.860. The molecule has 0 radical (unpaired) electrons. The summed E-state index contributed by atoms with van der Waals surface area (Å²) in [5, 5.41) is 12.9. The highest BCUT2D eigenvalue weighted by Gasteiger charge is 2.32. The molecule has 0 bridgehead atoms. The van der Waals surface area contributed by atoms with E-state index < -0.39 is 12.1 Å². The van der Waals surface area contributed by atoms with E-state index in [1.165, 1.54) is 6.07 Å². The van der Waals surface area contributed by atoms with Crippen LogP contribution in [0.4, 0.5) is 4.39 Å².